The molecule has 12 heteroatoms. The minimum absolute atomic E-state index is 0.0629. The van der Waals surface area contributed by atoms with E-state index in [4.69, 9.17) is 14.7 Å². The van der Waals surface area contributed by atoms with E-state index in [9.17, 15) is 13.2 Å². The first-order valence-electron chi connectivity index (χ1n) is 6.90. The van der Waals surface area contributed by atoms with Gasteiger partial charge in [0.1, 0.15) is 5.69 Å². The molecule has 1 spiro atoms. The zero-order valence-corrected chi connectivity index (χ0v) is 14.6. The van der Waals surface area contributed by atoms with E-state index in [0.717, 1.165) is 0 Å². The van der Waals surface area contributed by atoms with Gasteiger partial charge in [0.15, 0.2) is 5.60 Å². The van der Waals surface area contributed by atoms with Gasteiger partial charge in [-0.15, -0.1) is 0 Å². The topological polar surface area (TPSA) is 157 Å². The molecule has 5 N–H and O–H groups in total. The minimum atomic E-state index is -4.13. The van der Waals surface area contributed by atoms with Crippen LogP contribution in [0.15, 0.2) is 15.7 Å². The number of rotatable bonds is 4. The Hall–Kier alpha value is -1.76. The smallest absolute Gasteiger partial charge is 0.309 e. The molecule has 2 unspecified atom stereocenters. The van der Waals surface area contributed by atoms with Crippen LogP contribution in [0.5, 0.6) is 0 Å². The predicted octanol–water partition coefficient (Wildman–Crippen LogP) is -0.402. The van der Waals surface area contributed by atoms with Crippen molar-refractivity contribution in [1.82, 2.24) is 15.6 Å². The highest BCUT2D eigenvalue weighted by Gasteiger charge is 2.50. The normalized spacial score (nSPS) is 26.2. The third-order valence-electron chi connectivity index (χ3n) is 3.81. The van der Waals surface area contributed by atoms with Gasteiger partial charge in [0, 0.05) is 18.7 Å². The number of carbonyl (C=O) groups is 1. The number of H-pyrrole nitrogens is 1. The van der Waals surface area contributed by atoms with Crippen LogP contribution in [-0.2, 0) is 20.5 Å². The Bertz CT molecular complexity index is 835. The summed E-state index contributed by atoms with van der Waals surface area (Å²) in [4.78, 5) is 19.0. The Kier molecular flexibility index (Phi) is 4.23. The Morgan fingerprint density at radius 1 is 1.58 bits per heavy atom. The monoisotopic (exact) mass is 419 g/mol. The SMILES string of the molecule is N=C1N=CC2(O1)c1cc(Br)[nH]c1C(=O)NCC2NCCS(=O)(=O)O. The summed E-state index contributed by atoms with van der Waals surface area (Å²) in [7, 11) is -4.13. The lowest BCUT2D eigenvalue weighted by Crippen LogP contribution is -2.54. The molecule has 2 aliphatic heterocycles. The first-order valence-corrected chi connectivity index (χ1v) is 9.30. The molecular formula is C12H14BrN5O5S. The lowest BCUT2D eigenvalue weighted by molar-refractivity contribution is 0.0909. The number of hydrogen-bond acceptors (Lipinski definition) is 6. The van der Waals surface area contributed by atoms with Gasteiger partial charge in [-0.3, -0.25) is 9.35 Å². The molecule has 10 nitrogen and oxygen atoms in total. The van der Waals surface area contributed by atoms with E-state index in [1.54, 1.807) is 6.07 Å². The van der Waals surface area contributed by atoms with Gasteiger partial charge in [-0.1, -0.05) is 0 Å². The molecule has 1 aromatic heterocycles. The number of nitrogens with one attached hydrogen (secondary N) is 4. The van der Waals surface area contributed by atoms with Gasteiger partial charge in [-0.05, 0) is 22.0 Å². The molecule has 2 aliphatic rings. The van der Waals surface area contributed by atoms with Crippen LogP contribution in [0.25, 0.3) is 0 Å². The van der Waals surface area contributed by atoms with Crippen molar-refractivity contribution in [3.63, 3.8) is 0 Å². The van der Waals surface area contributed by atoms with Crippen molar-refractivity contribution in [2.24, 2.45) is 4.99 Å². The Morgan fingerprint density at radius 2 is 2.33 bits per heavy atom. The van der Waals surface area contributed by atoms with Crippen LogP contribution in [0, 0.1) is 5.41 Å². The lowest BCUT2D eigenvalue weighted by atomic mass is 9.88. The van der Waals surface area contributed by atoms with Gasteiger partial charge < -0.3 is 20.4 Å². The van der Waals surface area contributed by atoms with Gasteiger partial charge in [0.05, 0.1) is 22.6 Å². The molecule has 2 atom stereocenters. The van der Waals surface area contributed by atoms with Gasteiger partial charge in [0.25, 0.3) is 16.0 Å². The van der Waals surface area contributed by atoms with E-state index in [2.05, 4.69) is 36.5 Å². The average molecular weight is 420 g/mol. The Labute approximate surface area is 145 Å². The Balaban J connectivity index is 1.98. The van der Waals surface area contributed by atoms with Crippen molar-refractivity contribution in [3.8, 4) is 0 Å². The molecular weight excluding hydrogens is 406 g/mol. The summed E-state index contributed by atoms with van der Waals surface area (Å²) in [6.45, 7) is 0.0519. The van der Waals surface area contributed by atoms with E-state index < -0.39 is 27.5 Å². The molecule has 0 bridgehead atoms. The average Bonchev–Trinajstić information content (AvgIpc) is 3.03. The molecule has 1 amide bonds. The summed E-state index contributed by atoms with van der Waals surface area (Å²) >= 11 is 3.27. The lowest BCUT2D eigenvalue weighted by Gasteiger charge is -2.33. The maximum absolute atomic E-state index is 12.2. The summed E-state index contributed by atoms with van der Waals surface area (Å²) in [5, 5.41) is 13.3. The van der Waals surface area contributed by atoms with Crippen LogP contribution in [-0.4, -0.2) is 61.0 Å². The van der Waals surface area contributed by atoms with E-state index >= 15 is 0 Å². The van der Waals surface area contributed by atoms with Gasteiger partial charge in [0.2, 0.25) is 0 Å². The van der Waals surface area contributed by atoms with Crippen molar-refractivity contribution in [2.75, 3.05) is 18.8 Å². The van der Waals surface area contributed by atoms with Crippen molar-refractivity contribution >= 4 is 44.2 Å². The van der Waals surface area contributed by atoms with Crippen LogP contribution < -0.4 is 10.6 Å². The number of hydrogen-bond donors (Lipinski definition) is 5. The molecule has 0 aliphatic carbocycles. The van der Waals surface area contributed by atoms with E-state index in [0.29, 0.717) is 10.2 Å². The number of aliphatic imine (C=N–C) groups is 1. The molecule has 1 aromatic rings. The number of nitrogens with zero attached hydrogens (tertiary/aromatic N) is 1. The largest absolute Gasteiger partial charge is 0.445 e. The molecule has 0 saturated carbocycles. The van der Waals surface area contributed by atoms with Crippen LogP contribution in [0.4, 0.5) is 0 Å². The standard InChI is InChI=1S/C12H14BrN5O5S/c13-8-3-6-9(18-8)10(19)16-4-7(15-1-2-24(20,21)22)12(6)5-17-11(14)23-12/h3,5,7,14-15,18H,1-2,4H2,(H,16,19)(H,20,21,22). The van der Waals surface area contributed by atoms with E-state index in [1.807, 2.05) is 0 Å². The van der Waals surface area contributed by atoms with Crippen molar-refractivity contribution in [3.05, 3.63) is 21.9 Å². The van der Waals surface area contributed by atoms with E-state index in [-0.39, 0.29) is 30.7 Å². The van der Waals surface area contributed by atoms with Crippen molar-refractivity contribution in [2.45, 2.75) is 11.6 Å². The number of halogens is 1. The number of ether oxygens (including phenoxy) is 1. The third kappa shape index (κ3) is 3.09. The molecule has 0 aromatic carbocycles. The van der Waals surface area contributed by atoms with Gasteiger partial charge in [-0.2, -0.15) is 8.42 Å². The number of fused-ring (bicyclic) bond motifs is 2. The number of amides is 1. The highest BCUT2D eigenvalue weighted by atomic mass is 79.9. The van der Waals surface area contributed by atoms with Crippen LogP contribution in [0.1, 0.15) is 16.1 Å². The maximum atomic E-state index is 12.2. The second kappa shape index (κ2) is 5.95. The molecule has 0 fully saturated rings. The van der Waals surface area contributed by atoms with Crippen molar-refractivity contribution in [1.29, 1.82) is 5.41 Å². The first kappa shape index (κ1) is 17.1. The number of aromatic amines is 1. The maximum Gasteiger partial charge on any atom is 0.309 e. The summed E-state index contributed by atoms with van der Waals surface area (Å²) in [6.07, 6.45) is 1.42. The molecule has 0 saturated heterocycles. The zero-order chi connectivity index (χ0) is 17.5. The zero-order valence-electron chi connectivity index (χ0n) is 12.2. The predicted molar refractivity (Wildman–Crippen MR) is 88.0 cm³/mol. The fourth-order valence-electron chi connectivity index (χ4n) is 2.77. The van der Waals surface area contributed by atoms with Crippen molar-refractivity contribution < 1.29 is 22.5 Å². The highest BCUT2D eigenvalue weighted by molar-refractivity contribution is 9.10. The third-order valence-corrected chi connectivity index (χ3v) is 4.95. The van der Waals surface area contributed by atoms with E-state index in [1.165, 1.54) is 6.21 Å². The second-order valence-corrected chi connectivity index (χ2v) is 7.79. The fraction of sp³-hybridized carbons (Fsp3) is 0.417. The van der Waals surface area contributed by atoms with Gasteiger partial charge in [-0.25, -0.2) is 10.4 Å². The minimum Gasteiger partial charge on any atom is -0.445 e. The molecule has 130 valence electrons. The molecule has 24 heavy (non-hydrogen) atoms. The fourth-order valence-corrected chi connectivity index (χ4v) is 3.57. The number of carbonyl (C=O) groups excluding carboxylic acids is 1. The van der Waals surface area contributed by atoms with Gasteiger partial charge >= 0.3 is 6.02 Å². The summed E-state index contributed by atoms with van der Waals surface area (Å²) in [5.74, 6) is -0.851. The molecule has 3 heterocycles. The highest BCUT2D eigenvalue weighted by Crippen LogP contribution is 2.37. The number of aromatic nitrogens is 1. The Morgan fingerprint density at radius 3 is 2.96 bits per heavy atom. The molecule has 3 rings (SSSR count). The summed E-state index contributed by atoms with van der Waals surface area (Å²) in [6, 6.07) is 0.746. The van der Waals surface area contributed by atoms with Crippen LogP contribution in [0.3, 0.4) is 0 Å². The summed E-state index contributed by atoms with van der Waals surface area (Å²) in [5.41, 5.74) is -0.505. The second-order valence-electron chi connectivity index (χ2n) is 5.37. The quantitative estimate of drug-likeness (QED) is 0.417. The molecule has 0 radical (unpaired) electrons. The first-order chi connectivity index (χ1) is 11.2. The number of amidine groups is 1. The summed E-state index contributed by atoms with van der Waals surface area (Å²) < 4.78 is 36.8. The van der Waals surface area contributed by atoms with Crippen LogP contribution >= 0.6 is 15.9 Å². The van der Waals surface area contributed by atoms with Crippen LogP contribution in [0.2, 0.25) is 0 Å².